The molecule has 1 aromatic carbocycles. The molecule has 1 amide bonds. The van der Waals surface area contributed by atoms with Crippen LogP contribution in [0.1, 0.15) is 59.0 Å². The lowest BCUT2D eigenvalue weighted by atomic mass is 9.90. The summed E-state index contributed by atoms with van der Waals surface area (Å²) < 4.78 is 1.74. The highest BCUT2D eigenvalue weighted by molar-refractivity contribution is 7.15. The fraction of sp³-hybridized carbons (Fsp3) is 0.389. The standard InChI is InChI=1S/C18H20N6OS/c25-16(14-8-6-13(7-9-14)10-24-12-19-11-20-24)21-18-23-22-17(26-18)15-4-2-1-3-5-15/h6-9,11-12,15H,1-5,10H2,(H,21,23,25). The van der Waals surface area contributed by atoms with Gasteiger partial charge < -0.3 is 0 Å². The number of rotatable bonds is 5. The molecule has 1 fully saturated rings. The van der Waals surface area contributed by atoms with Crippen LogP contribution in [0.2, 0.25) is 0 Å². The summed E-state index contributed by atoms with van der Waals surface area (Å²) in [5, 5.41) is 17.0. The number of aromatic nitrogens is 5. The first-order valence-electron chi connectivity index (χ1n) is 8.84. The van der Waals surface area contributed by atoms with Crippen LogP contribution in [0.4, 0.5) is 5.13 Å². The van der Waals surface area contributed by atoms with Gasteiger partial charge in [-0.1, -0.05) is 42.7 Å². The summed E-state index contributed by atoms with van der Waals surface area (Å²) in [4.78, 5) is 16.4. The van der Waals surface area contributed by atoms with Gasteiger partial charge in [-0.3, -0.25) is 10.1 Å². The number of hydrogen-bond donors (Lipinski definition) is 1. The van der Waals surface area contributed by atoms with E-state index in [9.17, 15) is 4.79 Å². The molecule has 0 unspecified atom stereocenters. The second-order valence-electron chi connectivity index (χ2n) is 6.52. The zero-order chi connectivity index (χ0) is 17.8. The van der Waals surface area contributed by atoms with Crippen LogP contribution in [0.5, 0.6) is 0 Å². The van der Waals surface area contributed by atoms with E-state index < -0.39 is 0 Å². The minimum atomic E-state index is -0.163. The van der Waals surface area contributed by atoms with Crippen LogP contribution in [0.25, 0.3) is 0 Å². The largest absolute Gasteiger partial charge is 0.296 e. The molecule has 1 aliphatic rings. The smallest absolute Gasteiger partial charge is 0.257 e. The third-order valence-corrected chi connectivity index (χ3v) is 5.64. The number of amides is 1. The van der Waals surface area contributed by atoms with E-state index in [0.717, 1.165) is 10.6 Å². The van der Waals surface area contributed by atoms with Crippen LogP contribution in [0, 0.1) is 0 Å². The normalized spacial score (nSPS) is 15.1. The minimum Gasteiger partial charge on any atom is -0.296 e. The molecular weight excluding hydrogens is 348 g/mol. The predicted octanol–water partition coefficient (Wildman–Crippen LogP) is 3.48. The lowest BCUT2D eigenvalue weighted by Crippen LogP contribution is -2.11. The highest BCUT2D eigenvalue weighted by Gasteiger charge is 2.20. The van der Waals surface area contributed by atoms with Gasteiger partial charge in [0.1, 0.15) is 17.7 Å². The van der Waals surface area contributed by atoms with Gasteiger partial charge >= 0.3 is 0 Å². The van der Waals surface area contributed by atoms with E-state index in [-0.39, 0.29) is 5.91 Å². The van der Waals surface area contributed by atoms with Crippen LogP contribution in [-0.2, 0) is 6.54 Å². The Morgan fingerprint density at radius 3 is 2.69 bits per heavy atom. The molecule has 0 radical (unpaired) electrons. The maximum Gasteiger partial charge on any atom is 0.257 e. The quantitative estimate of drug-likeness (QED) is 0.745. The van der Waals surface area contributed by atoms with Crippen LogP contribution >= 0.6 is 11.3 Å². The van der Waals surface area contributed by atoms with E-state index >= 15 is 0 Å². The lowest BCUT2D eigenvalue weighted by Gasteiger charge is -2.18. The molecule has 0 bridgehead atoms. The Bertz CT molecular complexity index is 852. The van der Waals surface area contributed by atoms with E-state index in [2.05, 4.69) is 25.6 Å². The SMILES string of the molecule is O=C(Nc1nnc(C2CCCCC2)s1)c1ccc(Cn2cncn2)cc1. The highest BCUT2D eigenvalue weighted by atomic mass is 32.1. The van der Waals surface area contributed by atoms with Crippen molar-refractivity contribution in [1.82, 2.24) is 25.0 Å². The van der Waals surface area contributed by atoms with Crippen molar-refractivity contribution in [2.75, 3.05) is 5.32 Å². The minimum absolute atomic E-state index is 0.163. The van der Waals surface area contributed by atoms with Crippen molar-refractivity contribution in [2.24, 2.45) is 0 Å². The van der Waals surface area contributed by atoms with Gasteiger partial charge in [0.2, 0.25) is 5.13 Å². The van der Waals surface area contributed by atoms with Crippen molar-refractivity contribution in [2.45, 2.75) is 44.6 Å². The summed E-state index contributed by atoms with van der Waals surface area (Å²) in [7, 11) is 0. The molecule has 1 N–H and O–H groups in total. The van der Waals surface area contributed by atoms with Crippen molar-refractivity contribution >= 4 is 22.4 Å². The number of nitrogens with one attached hydrogen (secondary N) is 1. The third kappa shape index (κ3) is 3.96. The Kier molecular flexibility index (Phi) is 5.01. The van der Waals surface area contributed by atoms with Crippen LogP contribution in [0.15, 0.2) is 36.9 Å². The Balaban J connectivity index is 1.37. The lowest BCUT2D eigenvalue weighted by molar-refractivity contribution is 0.102. The summed E-state index contributed by atoms with van der Waals surface area (Å²) in [6.45, 7) is 0.628. The maximum absolute atomic E-state index is 12.4. The van der Waals surface area contributed by atoms with Gasteiger partial charge in [0, 0.05) is 11.5 Å². The molecule has 26 heavy (non-hydrogen) atoms. The first-order chi connectivity index (χ1) is 12.8. The van der Waals surface area contributed by atoms with E-state index in [1.807, 2.05) is 24.3 Å². The van der Waals surface area contributed by atoms with Gasteiger partial charge in [-0.2, -0.15) is 5.10 Å². The molecule has 2 heterocycles. The fourth-order valence-corrected chi connectivity index (χ4v) is 4.14. The predicted molar refractivity (Wildman–Crippen MR) is 99.3 cm³/mol. The van der Waals surface area contributed by atoms with Crippen molar-refractivity contribution in [3.63, 3.8) is 0 Å². The molecule has 0 atom stereocenters. The molecule has 134 valence electrons. The average Bonchev–Trinajstić information content (AvgIpc) is 3.35. The highest BCUT2D eigenvalue weighted by Crippen LogP contribution is 2.35. The molecule has 1 saturated carbocycles. The number of benzene rings is 1. The fourth-order valence-electron chi connectivity index (χ4n) is 3.23. The molecule has 0 spiro atoms. The van der Waals surface area contributed by atoms with E-state index in [4.69, 9.17) is 0 Å². The number of carbonyl (C=O) groups is 1. The van der Waals surface area contributed by atoms with Crippen molar-refractivity contribution < 1.29 is 4.79 Å². The molecular formula is C18H20N6OS. The van der Waals surface area contributed by atoms with Gasteiger partial charge in [-0.25, -0.2) is 9.67 Å². The molecule has 3 aromatic rings. The Hall–Kier alpha value is -2.61. The summed E-state index contributed by atoms with van der Waals surface area (Å²) >= 11 is 1.50. The number of carbonyl (C=O) groups excluding carboxylic acids is 1. The molecule has 8 heteroatoms. The second-order valence-corrected chi connectivity index (χ2v) is 7.53. The van der Waals surface area contributed by atoms with Gasteiger partial charge in [-0.05, 0) is 30.5 Å². The third-order valence-electron chi connectivity index (χ3n) is 4.64. The number of anilines is 1. The van der Waals surface area contributed by atoms with Gasteiger partial charge in [0.05, 0.1) is 6.54 Å². The topological polar surface area (TPSA) is 85.6 Å². The first kappa shape index (κ1) is 16.8. The number of nitrogens with zero attached hydrogens (tertiary/aromatic N) is 5. The van der Waals surface area contributed by atoms with Crippen LogP contribution in [-0.4, -0.2) is 30.9 Å². The Morgan fingerprint density at radius 1 is 1.15 bits per heavy atom. The molecule has 2 aromatic heterocycles. The Labute approximate surface area is 155 Å². The van der Waals surface area contributed by atoms with Gasteiger partial charge in [-0.15, -0.1) is 10.2 Å². The zero-order valence-corrected chi connectivity index (χ0v) is 15.2. The van der Waals surface area contributed by atoms with Gasteiger partial charge in [0.15, 0.2) is 0 Å². The van der Waals surface area contributed by atoms with E-state index in [1.165, 1.54) is 49.8 Å². The van der Waals surface area contributed by atoms with Crippen molar-refractivity contribution in [3.8, 4) is 0 Å². The monoisotopic (exact) mass is 368 g/mol. The number of hydrogen-bond acceptors (Lipinski definition) is 6. The summed E-state index contributed by atoms with van der Waals surface area (Å²) in [5.74, 6) is 0.339. The maximum atomic E-state index is 12.4. The van der Waals surface area contributed by atoms with E-state index in [1.54, 1.807) is 11.0 Å². The van der Waals surface area contributed by atoms with Crippen LogP contribution in [0.3, 0.4) is 0 Å². The van der Waals surface area contributed by atoms with Crippen LogP contribution < -0.4 is 5.32 Å². The summed E-state index contributed by atoms with van der Waals surface area (Å²) in [5.41, 5.74) is 1.66. The van der Waals surface area contributed by atoms with Crippen molar-refractivity contribution in [1.29, 1.82) is 0 Å². The molecule has 0 aliphatic heterocycles. The molecule has 7 nitrogen and oxygen atoms in total. The molecule has 4 rings (SSSR count). The molecule has 1 aliphatic carbocycles. The second kappa shape index (κ2) is 7.74. The average molecular weight is 368 g/mol. The molecule has 0 saturated heterocycles. The van der Waals surface area contributed by atoms with Gasteiger partial charge in [0.25, 0.3) is 5.91 Å². The Morgan fingerprint density at radius 2 is 1.96 bits per heavy atom. The summed E-state index contributed by atoms with van der Waals surface area (Å²) in [6, 6.07) is 7.46. The van der Waals surface area contributed by atoms with E-state index in [0.29, 0.717) is 23.2 Å². The zero-order valence-electron chi connectivity index (χ0n) is 14.3. The van der Waals surface area contributed by atoms with Crippen molar-refractivity contribution in [3.05, 3.63) is 53.1 Å². The first-order valence-corrected chi connectivity index (χ1v) is 9.66. The summed E-state index contributed by atoms with van der Waals surface area (Å²) in [6.07, 6.45) is 9.35.